The quantitative estimate of drug-likeness (QED) is 0.814. The van der Waals surface area contributed by atoms with Crippen molar-refractivity contribution >= 4 is 28.3 Å². The van der Waals surface area contributed by atoms with E-state index in [2.05, 4.69) is 27.9 Å². The normalized spacial score (nSPS) is 25.4. The summed E-state index contributed by atoms with van der Waals surface area (Å²) in [4.78, 5) is 0. The first kappa shape index (κ1) is 12.1. The lowest BCUT2D eigenvalue weighted by Crippen LogP contribution is -2.28. The molecule has 0 saturated heterocycles. The number of aliphatic hydroxyl groups is 1. The van der Waals surface area contributed by atoms with Crippen LogP contribution in [0.4, 0.5) is 10.1 Å². The van der Waals surface area contributed by atoms with Gasteiger partial charge < -0.3 is 10.4 Å². The van der Waals surface area contributed by atoms with Gasteiger partial charge in [-0.05, 0) is 66.5 Å². The highest BCUT2D eigenvalue weighted by molar-refractivity contribution is 14.1. The molecule has 2 nitrogen and oxygen atoms in total. The number of halogens is 2. The second-order valence-corrected chi connectivity index (χ2v) is 5.44. The molecular formula is C12H15FINO. The number of hydrogen-bond donors (Lipinski definition) is 2. The third kappa shape index (κ3) is 3.07. The second-order valence-electron chi connectivity index (χ2n) is 4.27. The van der Waals surface area contributed by atoms with Crippen LogP contribution in [0.5, 0.6) is 0 Å². The van der Waals surface area contributed by atoms with Gasteiger partial charge in [0, 0.05) is 15.3 Å². The molecule has 0 spiro atoms. The molecule has 1 aliphatic carbocycles. The molecule has 1 aromatic rings. The van der Waals surface area contributed by atoms with E-state index in [0.29, 0.717) is 6.04 Å². The monoisotopic (exact) mass is 335 g/mol. The Hall–Kier alpha value is -0.360. The maximum atomic E-state index is 12.9. The molecule has 88 valence electrons. The van der Waals surface area contributed by atoms with E-state index in [-0.39, 0.29) is 11.9 Å². The molecule has 2 rings (SSSR count). The van der Waals surface area contributed by atoms with Crippen LogP contribution in [-0.2, 0) is 0 Å². The number of anilines is 1. The molecule has 4 heteroatoms. The predicted molar refractivity (Wildman–Crippen MR) is 71.0 cm³/mol. The molecule has 0 aromatic heterocycles. The summed E-state index contributed by atoms with van der Waals surface area (Å²) in [5.41, 5.74) is 0.989. The third-order valence-corrected chi connectivity index (χ3v) is 3.88. The van der Waals surface area contributed by atoms with Crippen LogP contribution in [0.25, 0.3) is 0 Å². The highest BCUT2D eigenvalue weighted by atomic mass is 127. The van der Waals surface area contributed by atoms with Gasteiger partial charge in [-0.2, -0.15) is 0 Å². The zero-order chi connectivity index (χ0) is 11.5. The standard InChI is InChI=1S/C12H15FINO/c13-8-1-6-12(11(14)7-8)15-9-2-4-10(16)5-3-9/h1,6-7,9-10,15-16H,2-5H2. The molecule has 0 unspecified atom stereocenters. The van der Waals surface area contributed by atoms with E-state index in [0.717, 1.165) is 34.9 Å². The zero-order valence-corrected chi connectivity index (χ0v) is 11.1. The Bertz CT molecular complexity index is 364. The highest BCUT2D eigenvalue weighted by Crippen LogP contribution is 2.25. The molecule has 0 heterocycles. The summed E-state index contributed by atoms with van der Waals surface area (Å²) in [6.07, 6.45) is 3.54. The Kier molecular flexibility index (Phi) is 4.02. The van der Waals surface area contributed by atoms with Crippen LogP contribution in [0.2, 0.25) is 0 Å². The highest BCUT2D eigenvalue weighted by Gasteiger charge is 2.19. The fourth-order valence-corrected chi connectivity index (χ4v) is 2.68. The zero-order valence-electron chi connectivity index (χ0n) is 8.92. The Morgan fingerprint density at radius 3 is 2.56 bits per heavy atom. The molecule has 0 radical (unpaired) electrons. The molecule has 1 aliphatic rings. The topological polar surface area (TPSA) is 32.3 Å². The van der Waals surface area contributed by atoms with Gasteiger partial charge in [0.1, 0.15) is 5.82 Å². The fraction of sp³-hybridized carbons (Fsp3) is 0.500. The Balaban J connectivity index is 1.98. The molecule has 0 bridgehead atoms. The summed E-state index contributed by atoms with van der Waals surface area (Å²) in [6.45, 7) is 0. The molecule has 1 fully saturated rings. The van der Waals surface area contributed by atoms with Crippen molar-refractivity contribution in [3.63, 3.8) is 0 Å². The van der Waals surface area contributed by atoms with Crippen LogP contribution in [0, 0.1) is 9.39 Å². The SMILES string of the molecule is OC1CCC(Nc2ccc(F)cc2I)CC1. The van der Waals surface area contributed by atoms with Gasteiger partial charge >= 0.3 is 0 Å². The van der Waals surface area contributed by atoms with E-state index in [4.69, 9.17) is 0 Å². The molecule has 16 heavy (non-hydrogen) atoms. The first-order valence-electron chi connectivity index (χ1n) is 5.55. The predicted octanol–water partition coefficient (Wildman–Crippen LogP) is 3.15. The lowest BCUT2D eigenvalue weighted by atomic mass is 9.93. The maximum absolute atomic E-state index is 12.9. The lowest BCUT2D eigenvalue weighted by molar-refractivity contribution is 0.126. The molecule has 0 amide bonds. The summed E-state index contributed by atoms with van der Waals surface area (Å²) in [5.74, 6) is -0.200. The number of rotatable bonds is 2. The minimum atomic E-state index is -0.200. The molecule has 0 aliphatic heterocycles. The van der Waals surface area contributed by atoms with Crippen molar-refractivity contribution in [3.05, 3.63) is 27.6 Å². The first-order valence-corrected chi connectivity index (χ1v) is 6.62. The van der Waals surface area contributed by atoms with Gasteiger partial charge in [-0.25, -0.2) is 4.39 Å². The van der Waals surface area contributed by atoms with E-state index < -0.39 is 0 Å². The van der Waals surface area contributed by atoms with Crippen molar-refractivity contribution in [2.75, 3.05) is 5.32 Å². The summed E-state index contributed by atoms with van der Waals surface area (Å²) in [5, 5.41) is 12.8. The summed E-state index contributed by atoms with van der Waals surface area (Å²) >= 11 is 2.13. The Morgan fingerprint density at radius 1 is 1.25 bits per heavy atom. The van der Waals surface area contributed by atoms with Crippen LogP contribution >= 0.6 is 22.6 Å². The summed E-state index contributed by atoms with van der Waals surface area (Å²) < 4.78 is 13.8. The lowest BCUT2D eigenvalue weighted by Gasteiger charge is -2.27. The largest absolute Gasteiger partial charge is 0.393 e. The minimum Gasteiger partial charge on any atom is -0.393 e. The van der Waals surface area contributed by atoms with Gasteiger partial charge in [-0.3, -0.25) is 0 Å². The number of hydrogen-bond acceptors (Lipinski definition) is 2. The van der Waals surface area contributed by atoms with Gasteiger partial charge in [0.2, 0.25) is 0 Å². The fourth-order valence-electron chi connectivity index (χ4n) is 2.05. The number of aliphatic hydroxyl groups excluding tert-OH is 1. The molecule has 1 aromatic carbocycles. The Morgan fingerprint density at radius 2 is 1.94 bits per heavy atom. The molecule has 1 saturated carbocycles. The van der Waals surface area contributed by atoms with Gasteiger partial charge in [0.05, 0.1) is 6.10 Å². The maximum Gasteiger partial charge on any atom is 0.124 e. The minimum absolute atomic E-state index is 0.134. The number of benzene rings is 1. The smallest absolute Gasteiger partial charge is 0.124 e. The van der Waals surface area contributed by atoms with Crippen molar-refractivity contribution in [2.45, 2.75) is 37.8 Å². The molecule has 0 atom stereocenters. The Labute approximate surface area is 108 Å². The average molecular weight is 335 g/mol. The summed E-state index contributed by atoms with van der Waals surface area (Å²) in [6, 6.07) is 5.19. The van der Waals surface area contributed by atoms with Crippen molar-refractivity contribution in [1.29, 1.82) is 0 Å². The van der Waals surface area contributed by atoms with E-state index in [1.54, 1.807) is 6.07 Å². The second kappa shape index (κ2) is 5.31. The van der Waals surface area contributed by atoms with Gasteiger partial charge in [0.25, 0.3) is 0 Å². The van der Waals surface area contributed by atoms with Crippen LogP contribution in [0.1, 0.15) is 25.7 Å². The van der Waals surface area contributed by atoms with E-state index in [1.807, 2.05) is 0 Å². The van der Waals surface area contributed by atoms with Crippen molar-refractivity contribution in [3.8, 4) is 0 Å². The third-order valence-electron chi connectivity index (χ3n) is 2.99. The first-order chi connectivity index (χ1) is 7.65. The van der Waals surface area contributed by atoms with Crippen LogP contribution in [0.3, 0.4) is 0 Å². The van der Waals surface area contributed by atoms with Crippen molar-refractivity contribution < 1.29 is 9.50 Å². The summed E-state index contributed by atoms with van der Waals surface area (Å²) in [7, 11) is 0. The van der Waals surface area contributed by atoms with Crippen molar-refractivity contribution in [2.24, 2.45) is 0 Å². The average Bonchev–Trinajstić information content (AvgIpc) is 2.25. The van der Waals surface area contributed by atoms with E-state index >= 15 is 0 Å². The molecular weight excluding hydrogens is 320 g/mol. The van der Waals surface area contributed by atoms with E-state index in [1.165, 1.54) is 12.1 Å². The number of nitrogens with one attached hydrogen (secondary N) is 1. The van der Waals surface area contributed by atoms with Gasteiger partial charge in [0.15, 0.2) is 0 Å². The van der Waals surface area contributed by atoms with Crippen molar-refractivity contribution in [1.82, 2.24) is 0 Å². The van der Waals surface area contributed by atoms with Crippen LogP contribution in [-0.4, -0.2) is 17.3 Å². The van der Waals surface area contributed by atoms with Gasteiger partial charge in [-0.15, -0.1) is 0 Å². The van der Waals surface area contributed by atoms with Crippen LogP contribution in [0.15, 0.2) is 18.2 Å². The molecule has 2 N–H and O–H groups in total. The van der Waals surface area contributed by atoms with E-state index in [9.17, 15) is 9.50 Å². The van der Waals surface area contributed by atoms with Crippen LogP contribution < -0.4 is 5.32 Å². The van der Waals surface area contributed by atoms with Gasteiger partial charge in [-0.1, -0.05) is 0 Å².